The number of carbonyl (C=O) groups is 2. The van der Waals surface area contributed by atoms with Crippen molar-refractivity contribution in [2.24, 2.45) is 0 Å². The van der Waals surface area contributed by atoms with Crippen LogP contribution in [0.1, 0.15) is 12.5 Å². The summed E-state index contributed by atoms with van der Waals surface area (Å²) in [6.07, 6.45) is 1.41. The second-order valence-corrected chi connectivity index (χ2v) is 4.35. The van der Waals surface area contributed by atoms with Gasteiger partial charge in [0.05, 0.1) is 13.0 Å². The molecule has 2 aromatic rings. The van der Waals surface area contributed by atoms with Crippen LogP contribution in [0.25, 0.3) is 0 Å². The maximum atomic E-state index is 11.7. The number of amides is 1. The molecule has 1 heterocycles. The fourth-order valence-corrected chi connectivity index (χ4v) is 1.69. The normalized spacial score (nSPS) is 10.0. The quantitative estimate of drug-likeness (QED) is 0.784. The molecule has 0 aliphatic heterocycles. The topological polar surface area (TPSA) is 90.7 Å². The second-order valence-electron chi connectivity index (χ2n) is 4.35. The number of esters is 1. The Morgan fingerprint density at radius 1 is 1.23 bits per heavy atom. The molecule has 1 N–H and O–H groups in total. The summed E-state index contributed by atoms with van der Waals surface area (Å²) in [5, 5.41) is 5.94. The lowest BCUT2D eigenvalue weighted by molar-refractivity contribution is -0.146. The number of carbonyl (C=O) groups excluding carboxylic acids is 2. The second kappa shape index (κ2) is 7.82. The molecule has 116 valence electrons. The zero-order valence-corrected chi connectivity index (χ0v) is 12.1. The molecule has 7 heteroatoms. The van der Waals surface area contributed by atoms with Gasteiger partial charge >= 0.3 is 5.97 Å². The van der Waals surface area contributed by atoms with Gasteiger partial charge in [-0.1, -0.05) is 17.3 Å². The number of hydrogen-bond acceptors (Lipinski definition) is 6. The Labute approximate surface area is 127 Å². The lowest BCUT2D eigenvalue weighted by atomic mass is 10.1. The van der Waals surface area contributed by atoms with Crippen molar-refractivity contribution in [2.45, 2.75) is 13.3 Å². The van der Waals surface area contributed by atoms with E-state index < -0.39 is 11.9 Å². The molecule has 22 heavy (non-hydrogen) atoms. The first-order valence-corrected chi connectivity index (χ1v) is 6.75. The standard InChI is InChI=1S/C15H16N2O5/c1-2-20-12-5-3-11(4-6-12)9-15(19)21-10-14(18)16-13-7-8-22-17-13/h3-8H,2,9-10H2,1H3,(H,16,17,18). The van der Waals surface area contributed by atoms with Crippen molar-refractivity contribution < 1.29 is 23.6 Å². The van der Waals surface area contributed by atoms with E-state index in [0.29, 0.717) is 6.61 Å². The maximum absolute atomic E-state index is 11.7. The average Bonchev–Trinajstić information content (AvgIpc) is 3.00. The first-order chi connectivity index (χ1) is 10.7. The molecule has 0 atom stereocenters. The summed E-state index contributed by atoms with van der Waals surface area (Å²) >= 11 is 0. The predicted molar refractivity (Wildman–Crippen MR) is 77.4 cm³/mol. The van der Waals surface area contributed by atoms with E-state index in [0.717, 1.165) is 11.3 Å². The van der Waals surface area contributed by atoms with Crippen LogP contribution in [0.2, 0.25) is 0 Å². The molecule has 0 aliphatic carbocycles. The SMILES string of the molecule is CCOc1ccc(CC(=O)OCC(=O)Nc2ccon2)cc1. The van der Waals surface area contributed by atoms with E-state index in [1.165, 1.54) is 12.3 Å². The van der Waals surface area contributed by atoms with E-state index in [9.17, 15) is 9.59 Å². The van der Waals surface area contributed by atoms with Gasteiger partial charge in [0.2, 0.25) is 0 Å². The molecule has 0 saturated carbocycles. The zero-order chi connectivity index (χ0) is 15.8. The van der Waals surface area contributed by atoms with E-state index in [-0.39, 0.29) is 18.8 Å². The van der Waals surface area contributed by atoms with Crippen LogP contribution in [-0.2, 0) is 20.7 Å². The predicted octanol–water partition coefficient (Wildman–Crippen LogP) is 1.80. The van der Waals surface area contributed by atoms with Crippen LogP contribution < -0.4 is 10.1 Å². The van der Waals surface area contributed by atoms with Gasteiger partial charge in [0.25, 0.3) is 5.91 Å². The summed E-state index contributed by atoms with van der Waals surface area (Å²) in [5.74, 6) is 0.0487. The summed E-state index contributed by atoms with van der Waals surface area (Å²) in [4.78, 5) is 23.2. The number of nitrogens with one attached hydrogen (secondary N) is 1. The fraction of sp³-hybridized carbons (Fsp3) is 0.267. The van der Waals surface area contributed by atoms with Crippen LogP contribution in [-0.4, -0.2) is 30.2 Å². The number of hydrogen-bond donors (Lipinski definition) is 1. The Hall–Kier alpha value is -2.83. The van der Waals surface area contributed by atoms with E-state index in [2.05, 4.69) is 15.0 Å². The first-order valence-electron chi connectivity index (χ1n) is 6.75. The van der Waals surface area contributed by atoms with Crippen molar-refractivity contribution >= 4 is 17.7 Å². The molecule has 0 radical (unpaired) electrons. The molecule has 1 aromatic heterocycles. The van der Waals surface area contributed by atoms with Gasteiger partial charge in [0, 0.05) is 6.07 Å². The highest BCUT2D eigenvalue weighted by Gasteiger charge is 2.10. The zero-order valence-electron chi connectivity index (χ0n) is 12.1. The minimum Gasteiger partial charge on any atom is -0.494 e. The van der Waals surface area contributed by atoms with Crippen LogP contribution in [0, 0.1) is 0 Å². The van der Waals surface area contributed by atoms with Gasteiger partial charge in [-0.05, 0) is 24.6 Å². The summed E-state index contributed by atoms with van der Waals surface area (Å²) in [6.45, 7) is 2.11. The molecule has 1 aromatic carbocycles. The lowest BCUT2D eigenvalue weighted by Gasteiger charge is -2.06. The molecule has 2 rings (SSSR count). The van der Waals surface area contributed by atoms with Crippen molar-refractivity contribution in [3.63, 3.8) is 0 Å². The molecule has 0 aliphatic rings. The van der Waals surface area contributed by atoms with Gasteiger partial charge in [-0.3, -0.25) is 9.59 Å². The molecule has 0 fully saturated rings. The Bertz CT molecular complexity index is 607. The lowest BCUT2D eigenvalue weighted by Crippen LogP contribution is -2.21. The number of anilines is 1. The summed E-state index contributed by atoms with van der Waals surface area (Å²) in [6, 6.07) is 8.61. The third-order valence-corrected chi connectivity index (χ3v) is 2.65. The molecule has 0 saturated heterocycles. The fourth-order valence-electron chi connectivity index (χ4n) is 1.69. The Morgan fingerprint density at radius 3 is 2.64 bits per heavy atom. The Morgan fingerprint density at radius 2 is 2.00 bits per heavy atom. The third-order valence-electron chi connectivity index (χ3n) is 2.65. The molecule has 0 unspecified atom stereocenters. The molecule has 1 amide bonds. The Balaban J connectivity index is 1.74. The average molecular weight is 304 g/mol. The molecule has 0 spiro atoms. The van der Waals surface area contributed by atoms with Crippen LogP contribution in [0.5, 0.6) is 5.75 Å². The maximum Gasteiger partial charge on any atom is 0.310 e. The number of aromatic nitrogens is 1. The van der Waals surface area contributed by atoms with Gasteiger partial charge in [-0.25, -0.2) is 0 Å². The van der Waals surface area contributed by atoms with Crippen molar-refractivity contribution in [1.29, 1.82) is 0 Å². The van der Waals surface area contributed by atoms with Crippen LogP contribution >= 0.6 is 0 Å². The number of ether oxygens (including phenoxy) is 2. The minimum atomic E-state index is -0.487. The first kappa shape index (κ1) is 15.6. The summed E-state index contributed by atoms with van der Waals surface area (Å²) in [7, 11) is 0. The van der Waals surface area contributed by atoms with Crippen LogP contribution in [0.3, 0.4) is 0 Å². The van der Waals surface area contributed by atoms with Crippen molar-refractivity contribution in [1.82, 2.24) is 5.16 Å². The monoisotopic (exact) mass is 304 g/mol. The smallest absolute Gasteiger partial charge is 0.310 e. The van der Waals surface area contributed by atoms with Crippen molar-refractivity contribution in [2.75, 3.05) is 18.5 Å². The van der Waals surface area contributed by atoms with Crippen LogP contribution in [0.4, 0.5) is 5.82 Å². The highest BCUT2D eigenvalue weighted by Crippen LogP contribution is 2.12. The van der Waals surface area contributed by atoms with Gasteiger partial charge in [-0.15, -0.1) is 0 Å². The van der Waals surface area contributed by atoms with Gasteiger partial charge in [0.1, 0.15) is 12.0 Å². The summed E-state index contributed by atoms with van der Waals surface area (Å²) < 4.78 is 14.8. The van der Waals surface area contributed by atoms with Gasteiger partial charge in [0.15, 0.2) is 12.4 Å². The van der Waals surface area contributed by atoms with Gasteiger partial charge in [-0.2, -0.15) is 0 Å². The van der Waals surface area contributed by atoms with E-state index in [1.54, 1.807) is 24.3 Å². The van der Waals surface area contributed by atoms with Crippen LogP contribution in [0.15, 0.2) is 41.1 Å². The van der Waals surface area contributed by atoms with Crippen molar-refractivity contribution in [3.05, 3.63) is 42.2 Å². The number of rotatable bonds is 7. The number of nitrogens with zero attached hydrogens (tertiary/aromatic N) is 1. The van der Waals surface area contributed by atoms with E-state index >= 15 is 0 Å². The number of benzene rings is 1. The minimum absolute atomic E-state index is 0.0869. The molecule has 7 nitrogen and oxygen atoms in total. The van der Waals surface area contributed by atoms with E-state index in [1.807, 2.05) is 6.92 Å². The highest BCUT2D eigenvalue weighted by atomic mass is 16.5. The highest BCUT2D eigenvalue weighted by molar-refractivity contribution is 5.91. The molecular weight excluding hydrogens is 288 g/mol. The van der Waals surface area contributed by atoms with E-state index in [4.69, 9.17) is 9.47 Å². The molecule has 0 bridgehead atoms. The largest absolute Gasteiger partial charge is 0.494 e. The third kappa shape index (κ3) is 4.93. The summed E-state index contributed by atoms with van der Waals surface area (Å²) in [5.41, 5.74) is 0.783. The molecular formula is C15H16N2O5. The van der Waals surface area contributed by atoms with Gasteiger partial charge < -0.3 is 19.3 Å². The van der Waals surface area contributed by atoms with Crippen molar-refractivity contribution in [3.8, 4) is 5.75 Å². The Kier molecular flexibility index (Phi) is 5.53.